The first kappa shape index (κ1) is 11.6. The van der Waals surface area contributed by atoms with E-state index in [-0.39, 0.29) is 19.5 Å². The Labute approximate surface area is 87.4 Å². The van der Waals surface area contributed by atoms with E-state index < -0.39 is 0 Å². The molecule has 0 aliphatic rings. The van der Waals surface area contributed by atoms with Gasteiger partial charge in [-0.3, -0.25) is 0 Å². The molecule has 1 heteroatoms. The van der Waals surface area contributed by atoms with Crippen molar-refractivity contribution in [1.29, 1.82) is 0 Å². The van der Waals surface area contributed by atoms with Crippen molar-refractivity contribution in [2.75, 3.05) is 0 Å². The third kappa shape index (κ3) is 3.32. The monoisotopic (exact) mass is 209 g/mol. The standard InChI is InChI=1S/C11H13.Zn/c1-3-5-11-8-6-10(4-2)7-9-11;/h4,6-9H,1-3,5H2;. The Hall–Kier alpha value is -0.417. The largest absolute Gasteiger partial charge is 0.0985 e. The molecule has 1 aromatic rings. The van der Waals surface area contributed by atoms with Gasteiger partial charge in [-0.2, -0.15) is 0 Å². The molecule has 0 nitrogen and oxygen atoms in total. The van der Waals surface area contributed by atoms with Crippen molar-refractivity contribution < 1.29 is 19.5 Å². The average molecular weight is 211 g/mol. The molecule has 0 unspecified atom stereocenters. The van der Waals surface area contributed by atoms with Crippen molar-refractivity contribution >= 4 is 6.08 Å². The molecule has 1 rings (SSSR count). The summed E-state index contributed by atoms with van der Waals surface area (Å²) in [4.78, 5) is 0. The van der Waals surface area contributed by atoms with Crippen molar-refractivity contribution in [2.45, 2.75) is 12.8 Å². The van der Waals surface area contributed by atoms with Gasteiger partial charge in [0.2, 0.25) is 0 Å². The maximum atomic E-state index is 3.80. The molecule has 0 N–H and O–H groups in total. The van der Waals surface area contributed by atoms with Gasteiger partial charge in [-0.05, 0) is 24.0 Å². The summed E-state index contributed by atoms with van der Waals surface area (Å²) in [7, 11) is 0. The van der Waals surface area contributed by atoms with E-state index in [0.717, 1.165) is 12.8 Å². The SMILES string of the molecule is [CH2]CCc1ccc(C=C)cc1.[Zn]. The van der Waals surface area contributed by atoms with Crippen molar-refractivity contribution in [3.8, 4) is 0 Å². The van der Waals surface area contributed by atoms with Gasteiger partial charge in [0.15, 0.2) is 0 Å². The molecule has 0 saturated carbocycles. The fourth-order valence-corrected chi connectivity index (χ4v) is 1.02. The third-order valence-electron chi connectivity index (χ3n) is 1.68. The Morgan fingerprint density at radius 3 is 2.17 bits per heavy atom. The summed E-state index contributed by atoms with van der Waals surface area (Å²) in [5.74, 6) is 0. The minimum atomic E-state index is 0. The molecule has 12 heavy (non-hydrogen) atoms. The van der Waals surface area contributed by atoms with Crippen LogP contribution in [0.3, 0.4) is 0 Å². The number of rotatable bonds is 3. The minimum Gasteiger partial charge on any atom is -0.0985 e. The van der Waals surface area contributed by atoms with Gasteiger partial charge in [0.25, 0.3) is 0 Å². The maximum absolute atomic E-state index is 3.80. The van der Waals surface area contributed by atoms with Crippen molar-refractivity contribution in [2.24, 2.45) is 0 Å². The number of aryl methyl sites for hydroxylation is 1. The van der Waals surface area contributed by atoms with Crippen molar-refractivity contribution in [1.82, 2.24) is 0 Å². The van der Waals surface area contributed by atoms with E-state index >= 15 is 0 Å². The molecular weight excluding hydrogens is 198 g/mol. The Kier molecular flexibility index (Phi) is 5.93. The van der Waals surface area contributed by atoms with Crippen LogP contribution in [-0.2, 0) is 25.9 Å². The molecule has 0 saturated heterocycles. The summed E-state index contributed by atoms with van der Waals surface area (Å²) in [6.45, 7) is 7.50. The Balaban J connectivity index is 0.00000121. The van der Waals surface area contributed by atoms with Crippen LogP contribution >= 0.6 is 0 Å². The number of benzene rings is 1. The normalized spacial score (nSPS) is 8.75. The number of hydrogen-bond donors (Lipinski definition) is 0. The second-order valence-electron chi connectivity index (χ2n) is 2.55. The van der Waals surface area contributed by atoms with E-state index in [1.807, 2.05) is 6.08 Å². The second-order valence-corrected chi connectivity index (χ2v) is 2.55. The van der Waals surface area contributed by atoms with E-state index in [1.165, 1.54) is 11.1 Å². The first-order valence-electron chi connectivity index (χ1n) is 3.87. The van der Waals surface area contributed by atoms with Crippen LogP contribution in [0.4, 0.5) is 0 Å². The van der Waals surface area contributed by atoms with Crippen LogP contribution in [0.2, 0.25) is 0 Å². The molecule has 0 amide bonds. The van der Waals surface area contributed by atoms with Crippen LogP contribution in [0.25, 0.3) is 6.08 Å². The van der Waals surface area contributed by atoms with Crippen LogP contribution in [0, 0.1) is 6.92 Å². The smallest absolute Gasteiger partial charge is 0 e. The molecular formula is C11H13Zn. The fourth-order valence-electron chi connectivity index (χ4n) is 1.02. The molecule has 0 bridgehead atoms. The Morgan fingerprint density at radius 2 is 1.75 bits per heavy atom. The minimum absolute atomic E-state index is 0. The van der Waals surface area contributed by atoms with Gasteiger partial charge in [0.1, 0.15) is 0 Å². The Morgan fingerprint density at radius 1 is 1.17 bits per heavy atom. The molecule has 0 atom stereocenters. The summed E-state index contributed by atoms with van der Waals surface area (Å²) in [6, 6.07) is 8.42. The van der Waals surface area contributed by atoms with Crippen LogP contribution in [0.1, 0.15) is 17.5 Å². The zero-order valence-corrected chi connectivity index (χ0v) is 10.4. The van der Waals surface area contributed by atoms with E-state index in [4.69, 9.17) is 0 Å². The van der Waals surface area contributed by atoms with Crippen LogP contribution < -0.4 is 0 Å². The Bertz CT molecular complexity index is 223. The fraction of sp³-hybridized carbons (Fsp3) is 0.182. The summed E-state index contributed by atoms with van der Waals surface area (Å²) in [5.41, 5.74) is 2.53. The molecule has 0 aliphatic carbocycles. The molecule has 1 aromatic carbocycles. The predicted octanol–water partition coefficient (Wildman–Crippen LogP) is 3.09. The van der Waals surface area contributed by atoms with Gasteiger partial charge in [0, 0.05) is 19.5 Å². The molecule has 59 valence electrons. The topological polar surface area (TPSA) is 0 Å². The van der Waals surface area contributed by atoms with E-state index in [9.17, 15) is 0 Å². The van der Waals surface area contributed by atoms with E-state index in [1.54, 1.807) is 0 Å². The van der Waals surface area contributed by atoms with E-state index in [2.05, 4.69) is 37.8 Å². The number of hydrogen-bond acceptors (Lipinski definition) is 0. The summed E-state index contributed by atoms with van der Waals surface area (Å²) >= 11 is 0. The van der Waals surface area contributed by atoms with Crippen molar-refractivity contribution in [3.63, 3.8) is 0 Å². The van der Waals surface area contributed by atoms with Gasteiger partial charge in [-0.15, -0.1) is 0 Å². The van der Waals surface area contributed by atoms with E-state index in [0.29, 0.717) is 0 Å². The maximum Gasteiger partial charge on any atom is 0 e. The zero-order chi connectivity index (χ0) is 8.10. The van der Waals surface area contributed by atoms with Crippen LogP contribution in [0.5, 0.6) is 0 Å². The predicted molar refractivity (Wildman–Crippen MR) is 50.2 cm³/mol. The molecule has 0 spiro atoms. The molecule has 0 fully saturated rings. The third-order valence-corrected chi connectivity index (χ3v) is 1.68. The zero-order valence-electron chi connectivity index (χ0n) is 7.42. The van der Waals surface area contributed by atoms with Gasteiger partial charge in [0.05, 0.1) is 0 Å². The quantitative estimate of drug-likeness (QED) is 0.673. The molecule has 1 radical (unpaired) electrons. The summed E-state index contributed by atoms with van der Waals surface area (Å²) < 4.78 is 0. The first-order valence-corrected chi connectivity index (χ1v) is 3.87. The average Bonchev–Trinajstić information content (AvgIpc) is 2.07. The van der Waals surface area contributed by atoms with Gasteiger partial charge < -0.3 is 0 Å². The van der Waals surface area contributed by atoms with Gasteiger partial charge in [-0.1, -0.05) is 43.8 Å². The summed E-state index contributed by atoms with van der Waals surface area (Å²) in [5, 5.41) is 0. The first-order chi connectivity index (χ1) is 5.36. The molecule has 0 aliphatic heterocycles. The van der Waals surface area contributed by atoms with Crippen LogP contribution in [0.15, 0.2) is 30.8 Å². The molecule has 0 aromatic heterocycles. The van der Waals surface area contributed by atoms with Crippen LogP contribution in [-0.4, -0.2) is 0 Å². The van der Waals surface area contributed by atoms with Crippen molar-refractivity contribution in [3.05, 3.63) is 48.9 Å². The molecule has 0 heterocycles. The summed E-state index contributed by atoms with van der Waals surface area (Å²) in [6.07, 6.45) is 3.89. The van der Waals surface area contributed by atoms with Gasteiger partial charge >= 0.3 is 0 Å². The van der Waals surface area contributed by atoms with Gasteiger partial charge in [-0.25, -0.2) is 0 Å². The second kappa shape index (κ2) is 6.14.